The Bertz CT molecular complexity index is 1560. The lowest BCUT2D eigenvalue weighted by Crippen LogP contribution is -2.64. The molecule has 6 rings (SSSR count). The van der Waals surface area contributed by atoms with Crippen LogP contribution in [-0.2, 0) is 22.0 Å². The number of anilines is 1. The van der Waals surface area contributed by atoms with Gasteiger partial charge in [0, 0.05) is 43.9 Å². The largest absolute Gasteiger partial charge is 0.489 e. The first kappa shape index (κ1) is 25.9. The molecule has 1 saturated carbocycles. The Morgan fingerprint density at radius 3 is 2.55 bits per heavy atom. The summed E-state index contributed by atoms with van der Waals surface area (Å²) >= 11 is 0. The molecule has 4 aromatic rings. The van der Waals surface area contributed by atoms with Crippen LogP contribution in [0, 0.1) is 5.92 Å². The van der Waals surface area contributed by atoms with Crippen molar-refractivity contribution in [1.82, 2.24) is 24.3 Å². The Morgan fingerprint density at radius 1 is 1.10 bits per heavy atom. The van der Waals surface area contributed by atoms with Crippen molar-refractivity contribution in [3.63, 3.8) is 0 Å². The first-order valence-electron chi connectivity index (χ1n) is 13.6. The molecule has 0 atom stereocenters. The summed E-state index contributed by atoms with van der Waals surface area (Å²) < 4.78 is 15.6. The molecule has 10 nitrogen and oxygen atoms in total. The number of nitrogens with one attached hydrogen (secondary N) is 1. The number of likely N-dealkylation sites (tertiary alicyclic amines) is 1. The first-order valence-corrected chi connectivity index (χ1v) is 13.6. The molecule has 208 valence electrons. The molecule has 1 saturated heterocycles. The fraction of sp³-hybridized carbons (Fsp3) is 0.400. The fourth-order valence-corrected chi connectivity index (χ4v) is 5.13. The van der Waals surface area contributed by atoms with E-state index in [-0.39, 0.29) is 23.3 Å². The molecule has 40 heavy (non-hydrogen) atoms. The van der Waals surface area contributed by atoms with E-state index in [9.17, 15) is 9.59 Å². The Balaban J connectivity index is 1.22. The van der Waals surface area contributed by atoms with Crippen molar-refractivity contribution in [3.05, 3.63) is 66.5 Å². The first-order chi connectivity index (χ1) is 19.1. The molecular weight excluding hydrogens is 508 g/mol. The van der Waals surface area contributed by atoms with Crippen LogP contribution >= 0.6 is 0 Å². The summed E-state index contributed by atoms with van der Waals surface area (Å²) in [5.74, 6) is 1.33. The number of hydrogen-bond acceptors (Lipinski definition) is 6. The van der Waals surface area contributed by atoms with Gasteiger partial charge in [0.05, 0.1) is 17.1 Å². The second-order valence-corrected chi connectivity index (χ2v) is 11.8. The van der Waals surface area contributed by atoms with Crippen LogP contribution in [0.4, 0.5) is 10.6 Å². The van der Waals surface area contributed by atoms with Gasteiger partial charge in [0.15, 0.2) is 11.6 Å². The van der Waals surface area contributed by atoms with Crippen molar-refractivity contribution in [1.29, 1.82) is 0 Å². The maximum atomic E-state index is 12.7. The molecule has 0 spiro atoms. The molecule has 10 heteroatoms. The number of fused-ring (bicyclic) bond motifs is 1. The lowest BCUT2D eigenvalue weighted by molar-refractivity contribution is -0.117. The average Bonchev–Trinajstić information content (AvgIpc) is 3.57. The van der Waals surface area contributed by atoms with Crippen molar-refractivity contribution >= 4 is 23.3 Å². The zero-order valence-electron chi connectivity index (χ0n) is 23.3. The van der Waals surface area contributed by atoms with Gasteiger partial charge in [-0.15, -0.1) is 0 Å². The highest BCUT2D eigenvalue weighted by atomic mass is 16.6. The van der Waals surface area contributed by atoms with E-state index >= 15 is 0 Å². The minimum atomic E-state index is -0.552. The van der Waals surface area contributed by atoms with Gasteiger partial charge < -0.3 is 19.7 Å². The molecule has 1 aliphatic heterocycles. The Morgan fingerprint density at radius 2 is 1.85 bits per heavy atom. The number of amides is 2. The van der Waals surface area contributed by atoms with Crippen LogP contribution in [0.1, 0.15) is 39.2 Å². The molecule has 2 fully saturated rings. The summed E-state index contributed by atoms with van der Waals surface area (Å²) in [6.45, 7) is 6.98. The van der Waals surface area contributed by atoms with E-state index < -0.39 is 5.60 Å². The summed E-state index contributed by atoms with van der Waals surface area (Å²) in [6, 6.07) is 16.0. The van der Waals surface area contributed by atoms with Crippen molar-refractivity contribution in [3.8, 4) is 17.0 Å². The predicted molar refractivity (Wildman–Crippen MR) is 150 cm³/mol. The van der Waals surface area contributed by atoms with Crippen molar-refractivity contribution in [2.75, 3.05) is 25.0 Å². The maximum Gasteiger partial charge on any atom is 0.410 e. The number of aromatic nitrogens is 4. The van der Waals surface area contributed by atoms with Gasteiger partial charge in [0.1, 0.15) is 17.9 Å². The molecule has 1 N–H and O–H groups in total. The molecule has 2 amide bonds. The third-order valence-electron chi connectivity index (χ3n) is 7.37. The minimum absolute atomic E-state index is 0.0273. The molecule has 0 bridgehead atoms. The molecule has 0 radical (unpaired) electrons. The van der Waals surface area contributed by atoms with E-state index in [1.807, 2.05) is 70.4 Å². The molecule has 4 heterocycles. The highest BCUT2D eigenvalue weighted by molar-refractivity contribution is 5.93. The topological polar surface area (TPSA) is 103 Å². The number of benzene rings is 1. The van der Waals surface area contributed by atoms with Crippen LogP contribution < -0.4 is 10.1 Å². The van der Waals surface area contributed by atoms with Gasteiger partial charge in [-0.1, -0.05) is 30.3 Å². The standard InChI is InChI=1S/C30H34N6O4/c1-29(2,3)40-28(38)35-17-30(18-35,22-8-6-5-7-9-22)19-39-24-16-31-34(4)26(24)21-12-13-36-23(14-21)15-25(33-36)32-27(37)20-10-11-20/h5-9,12-16,20H,10-11,17-19H2,1-4H3,(H,32,33,37). The van der Waals surface area contributed by atoms with E-state index in [1.54, 1.807) is 20.3 Å². The van der Waals surface area contributed by atoms with Gasteiger partial charge >= 0.3 is 6.09 Å². The lowest BCUT2D eigenvalue weighted by atomic mass is 9.74. The van der Waals surface area contributed by atoms with Crippen LogP contribution in [0.3, 0.4) is 0 Å². The molecule has 1 aliphatic carbocycles. The Hall–Kier alpha value is -4.34. The SMILES string of the molecule is Cn1ncc(OCC2(c3ccccc3)CN(C(=O)OC(C)(C)C)C2)c1-c1ccn2nc(NC(=O)C3CC3)cc2c1. The summed E-state index contributed by atoms with van der Waals surface area (Å²) in [6.07, 6.45) is 5.15. The highest BCUT2D eigenvalue weighted by Crippen LogP contribution is 2.38. The second kappa shape index (κ2) is 9.69. The molecule has 1 aromatic carbocycles. The van der Waals surface area contributed by atoms with Crippen molar-refractivity contribution in [2.45, 2.75) is 44.6 Å². The molecule has 2 aliphatic rings. The van der Waals surface area contributed by atoms with E-state index in [4.69, 9.17) is 9.47 Å². The van der Waals surface area contributed by atoms with Crippen molar-refractivity contribution in [2.24, 2.45) is 13.0 Å². The summed E-state index contributed by atoms with van der Waals surface area (Å²) in [5, 5.41) is 11.9. The van der Waals surface area contributed by atoms with Gasteiger partial charge in [-0.05, 0) is 51.3 Å². The number of carbonyl (C=O) groups excluding carboxylic acids is 2. The number of hydrogen-bond donors (Lipinski definition) is 1. The number of pyridine rings is 1. The number of ether oxygens (including phenoxy) is 2. The van der Waals surface area contributed by atoms with Crippen LogP contribution in [-0.4, -0.2) is 61.6 Å². The van der Waals surface area contributed by atoms with E-state index in [1.165, 1.54) is 0 Å². The third kappa shape index (κ3) is 5.13. The normalized spacial score (nSPS) is 16.4. The average molecular weight is 543 g/mol. The minimum Gasteiger partial charge on any atom is -0.489 e. The van der Waals surface area contributed by atoms with Crippen LogP contribution in [0.25, 0.3) is 16.8 Å². The number of nitrogens with zero attached hydrogens (tertiary/aromatic N) is 5. The van der Waals surface area contributed by atoms with Gasteiger partial charge in [0.2, 0.25) is 5.91 Å². The Kier molecular flexibility index (Phi) is 6.28. The zero-order valence-corrected chi connectivity index (χ0v) is 23.3. The monoisotopic (exact) mass is 542 g/mol. The highest BCUT2D eigenvalue weighted by Gasteiger charge is 2.48. The number of rotatable bonds is 7. The van der Waals surface area contributed by atoms with Crippen molar-refractivity contribution < 1.29 is 19.1 Å². The van der Waals surface area contributed by atoms with Gasteiger partial charge in [0.25, 0.3) is 0 Å². The van der Waals surface area contributed by atoms with Crippen LogP contribution in [0.2, 0.25) is 0 Å². The number of aryl methyl sites for hydroxylation is 1. The summed E-state index contributed by atoms with van der Waals surface area (Å²) in [7, 11) is 1.88. The zero-order chi connectivity index (χ0) is 28.1. The predicted octanol–water partition coefficient (Wildman–Crippen LogP) is 4.65. The maximum absolute atomic E-state index is 12.7. The second-order valence-electron chi connectivity index (χ2n) is 11.8. The summed E-state index contributed by atoms with van der Waals surface area (Å²) in [4.78, 5) is 26.6. The smallest absolute Gasteiger partial charge is 0.410 e. The molecule has 3 aromatic heterocycles. The van der Waals surface area contributed by atoms with Gasteiger partial charge in [-0.3, -0.25) is 9.48 Å². The summed E-state index contributed by atoms with van der Waals surface area (Å²) in [5.41, 5.74) is 2.79. The molecule has 0 unspecified atom stereocenters. The van der Waals surface area contributed by atoms with E-state index in [0.717, 1.165) is 35.2 Å². The number of carbonyl (C=O) groups is 2. The fourth-order valence-electron chi connectivity index (χ4n) is 5.13. The lowest BCUT2D eigenvalue weighted by Gasteiger charge is -2.49. The van der Waals surface area contributed by atoms with Crippen LogP contribution in [0.5, 0.6) is 5.75 Å². The Labute approximate surface area is 232 Å². The third-order valence-corrected chi connectivity index (χ3v) is 7.37. The molecular formula is C30H34N6O4. The van der Waals surface area contributed by atoms with Gasteiger partial charge in [-0.2, -0.15) is 10.2 Å². The van der Waals surface area contributed by atoms with E-state index in [0.29, 0.717) is 31.3 Å². The van der Waals surface area contributed by atoms with Gasteiger partial charge in [-0.25, -0.2) is 9.31 Å². The van der Waals surface area contributed by atoms with E-state index in [2.05, 4.69) is 27.6 Å². The quantitative estimate of drug-likeness (QED) is 0.365. The van der Waals surface area contributed by atoms with Crippen LogP contribution in [0.15, 0.2) is 60.9 Å².